The van der Waals surface area contributed by atoms with Gasteiger partial charge in [0.05, 0.1) is 16.7 Å². The number of fused-ring (bicyclic) bond motifs is 1. The molecule has 2 aromatic rings. The van der Waals surface area contributed by atoms with Gasteiger partial charge < -0.3 is 10.1 Å². The number of halogens is 1. The fraction of sp³-hybridized carbons (Fsp3) is 0.300. The second-order valence-electron chi connectivity index (χ2n) is 3.47. The summed E-state index contributed by atoms with van der Waals surface area (Å²) in [5, 5.41) is 0.718. The van der Waals surface area contributed by atoms with Crippen LogP contribution in [0.1, 0.15) is 12.7 Å². The van der Waals surface area contributed by atoms with Crippen LogP contribution in [0.25, 0.3) is 5.52 Å². The Morgan fingerprint density at radius 1 is 1.64 bits per heavy atom. The summed E-state index contributed by atoms with van der Waals surface area (Å²) in [5.41, 5.74) is 6.66. The standard InChI is InChI=1S/C10H12ClN3/c1-7(12)5-10-13-6-9-8(11)3-2-4-14(9)10/h2-4,6-7H,5,12H2,1H3. The Balaban J connectivity index is 2.52. The van der Waals surface area contributed by atoms with Crippen LogP contribution in [0.15, 0.2) is 24.5 Å². The Labute approximate surface area is 87.5 Å². The molecule has 3 nitrogen and oxygen atoms in total. The summed E-state index contributed by atoms with van der Waals surface area (Å²) >= 11 is 6.01. The summed E-state index contributed by atoms with van der Waals surface area (Å²) in [6.07, 6.45) is 4.49. The minimum Gasteiger partial charge on any atom is -0.328 e. The number of nitrogens with zero attached hydrogens (tertiary/aromatic N) is 2. The predicted octanol–water partition coefficient (Wildman–Crippen LogP) is 1.88. The first-order valence-electron chi connectivity index (χ1n) is 4.54. The van der Waals surface area contributed by atoms with Crippen molar-refractivity contribution in [3.05, 3.63) is 35.4 Å². The molecule has 74 valence electrons. The highest BCUT2D eigenvalue weighted by atomic mass is 35.5. The molecule has 2 heterocycles. The van der Waals surface area contributed by atoms with Crippen LogP contribution in [-0.4, -0.2) is 15.4 Å². The molecule has 0 saturated heterocycles. The van der Waals surface area contributed by atoms with Crippen LogP contribution < -0.4 is 5.73 Å². The molecule has 0 aliphatic rings. The molecule has 14 heavy (non-hydrogen) atoms. The summed E-state index contributed by atoms with van der Waals surface area (Å²) in [5.74, 6) is 0.956. The van der Waals surface area contributed by atoms with Crippen molar-refractivity contribution in [2.45, 2.75) is 19.4 Å². The van der Waals surface area contributed by atoms with E-state index in [9.17, 15) is 0 Å². The second-order valence-corrected chi connectivity index (χ2v) is 3.87. The van der Waals surface area contributed by atoms with Crippen molar-refractivity contribution >= 4 is 17.1 Å². The number of hydrogen-bond donors (Lipinski definition) is 1. The van der Waals surface area contributed by atoms with Gasteiger partial charge in [-0.15, -0.1) is 0 Å². The lowest BCUT2D eigenvalue weighted by atomic mass is 10.2. The SMILES string of the molecule is CC(N)Cc1ncc2c(Cl)cccn12. The fourth-order valence-corrected chi connectivity index (χ4v) is 1.69. The summed E-state index contributed by atoms with van der Waals surface area (Å²) < 4.78 is 1.98. The second kappa shape index (κ2) is 3.59. The van der Waals surface area contributed by atoms with E-state index in [1.54, 1.807) is 6.20 Å². The Hall–Kier alpha value is -1.06. The van der Waals surface area contributed by atoms with Crippen molar-refractivity contribution < 1.29 is 0 Å². The number of imidazole rings is 1. The molecular weight excluding hydrogens is 198 g/mol. The maximum absolute atomic E-state index is 6.01. The van der Waals surface area contributed by atoms with Gasteiger partial charge >= 0.3 is 0 Å². The van der Waals surface area contributed by atoms with Crippen LogP contribution >= 0.6 is 11.6 Å². The molecule has 0 bridgehead atoms. The molecule has 0 aliphatic carbocycles. The highest BCUT2D eigenvalue weighted by Gasteiger charge is 2.07. The Morgan fingerprint density at radius 3 is 3.14 bits per heavy atom. The monoisotopic (exact) mass is 209 g/mol. The van der Waals surface area contributed by atoms with E-state index in [-0.39, 0.29) is 6.04 Å². The lowest BCUT2D eigenvalue weighted by Crippen LogP contribution is -2.19. The summed E-state index contributed by atoms with van der Waals surface area (Å²) in [4.78, 5) is 4.29. The van der Waals surface area contributed by atoms with E-state index in [1.165, 1.54) is 0 Å². The van der Waals surface area contributed by atoms with Gasteiger partial charge in [0.15, 0.2) is 0 Å². The molecule has 0 fully saturated rings. The van der Waals surface area contributed by atoms with E-state index in [0.717, 1.165) is 22.8 Å². The number of aromatic nitrogens is 2. The van der Waals surface area contributed by atoms with E-state index in [0.29, 0.717) is 0 Å². The number of rotatable bonds is 2. The first kappa shape index (κ1) is 9.49. The van der Waals surface area contributed by atoms with Crippen molar-refractivity contribution in [2.75, 3.05) is 0 Å². The van der Waals surface area contributed by atoms with Crippen LogP contribution in [0.3, 0.4) is 0 Å². The third-order valence-electron chi connectivity index (χ3n) is 2.10. The zero-order chi connectivity index (χ0) is 10.1. The van der Waals surface area contributed by atoms with E-state index < -0.39 is 0 Å². The molecule has 0 aromatic carbocycles. The van der Waals surface area contributed by atoms with Gasteiger partial charge in [-0.2, -0.15) is 0 Å². The van der Waals surface area contributed by atoms with Gasteiger partial charge in [-0.05, 0) is 19.1 Å². The van der Waals surface area contributed by atoms with E-state index in [1.807, 2.05) is 29.7 Å². The Bertz CT molecular complexity index is 448. The molecule has 1 unspecified atom stereocenters. The molecule has 2 rings (SSSR count). The van der Waals surface area contributed by atoms with Crippen molar-refractivity contribution in [1.29, 1.82) is 0 Å². The van der Waals surface area contributed by atoms with Gasteiger partial charge in [0, 0.05) is 18.7 Å². The van der Waals surface area contributed by atoms with Crippen LogP contribution in [0, 0.1) is 0 Å². The van der Waals surface area contributed by atoms with Gasteiger partial charge in [0.25, 0.3) is 0 Å². The molecule has 4 heteroatoms. The molecule has 2 aromatic heterocycles. The zero-order valence-corrected chi connectivity index (χ0v) is 8.70. The molecule has 1 atom stereocenters. The summed E-state index contributed by atoms with van der Waals surface area (Å²) in [7, 11) is 0. The van der Waals surface area contributed by atoms with Crippen LogP contribution in [0.4, 0.5) is 0 Å². The first-order valence-corrected chi connectivity index (χ1v) is 4.92. The molecule has 0 radical (unpaired) electrons. The normalized spacial score (nSPS) is 13.4. The lowest BCUT2D eigenvalue weighted by Gasteiger charge is -2.04. The van der Waals surface area contributed by atoms with E-state index in [4.69, 9.17) is 17.3 Å². The van der Waals surface area contributed by atoms with E-state index in [2.05, 4.69) is 4.98 Å². The number of hydrogen-bond acceptors (Lipinski definition) is 2. The summed E-state index contributed by atoms with van der Waals surface area (Å²) in [6.45, 7) is 1.96. The minimum absolute atomic E-state index is 0.111. The average molecular weight is 210 g/mol. The van der Waals surface area contributed by atoms with Crippen molar-refractivity contribution in [2.24, 2.45) is 5.73 Å². The number of nitrogens with two attached hydrogens (primary N) is 1. The largest absolute Gasteiger partial charge is 0.328 e. The predicted molar refractivity (Wildman–Crippen MR) is 57.6 cm³/mol. The smallest absolute Gasteiger partial charge is 0.114 e. The highest BCUT2D eigenvalue weighted by molar-refractivity contribution is 6.33. The van der Waals surface area contributed by atoms with Crippen LogP contribution in [0.5, 0.6) is 0 Å². The van der Waals surface area contributed by atoms with Crippen LogP contribution in [-0.2, 0) is 6.42 Å². The molecular formula is C10H12ClN3. The molecule has 0 saturated carbocycles. The average Bonchev–Trinajstić information content (AvgIpc) is 2.49. The highest BCUT2D eigenvalue weighted by Crippen LogP contribution is 2.18. The van der Waals surface area contributed by atoms with Crippen molar-refractivity contribution in [1.82, 2.24) is 9.38 Å². The molecule has 0 amide bonds. The lowest BCUT2D eigenvalue weighted by molar-refractivity contribution is 0.700. The molecule has 0 spiro atoms. The van der Waals surface area contributed by atoms with Gasteiger partial charge in [-0.25, -0.2) is 4.98 Å². The van der Waals surface area contributed by atoms with Gasteiger partial charge in [0.2, 0.25) is 0 Å². The Morgan fingerprint density at radius 2 is 2.43 bits per heavy atom. The molecule has 0 aliphatic heterocycles. The summed E-state index contributed by atoms with van der Waals surface area (Å²) in [6, 6.07) is 3.87. The van der Waals surface area contributed by atoms with Crippen LogP contribution in [0.2, 0.25) is 5.02 Å². The number of pyridine rings is 1. The third kappa shape index (κ3) is 1.61. The maximum atomic E-state index is 6.01. The maximum Gasteiger partial charge on any atom is 0.114 e. The van der Waals surface area contributed by atoms with Gasteiger partial charge in [-0.1, -0.05) is 11.6 Å². The van der Waals surface area contributed by atoms with Gasteiger partial charge in [0.1, 0.15) is 5.82 Å². The third-order valence-corrected chi connectivity index (χ3v) is 2.42. The first-order chi connectivity index (χ1) is 6.68. The van der Waals surface area contributed by atoms with E-state index >= 15 is 0 Å². The zero-order valence-electron chi connectivity index (χ0n) is 7.94. The van der Waals surface area contributed by atoms with Gasteiger partial charge in [-0.3, -0.25) is 0 Å². The fourth-order valence-electron chi connectivity index (χ4n) is 1.48. The topological polar surface area (TPSA) is 43.3 Å². The minimum atomic E-state index is 0.111. The Kier molecular flexibility index (Phi) is 2.44. The molecule has 2 N–H and O–H groups in total. The quantitative estimate of drug-likeness (QED) is 0.821. The van der Waals surface area contributed by atoms with Crippen molar-refractivity contribution in [3.8, 4) is 0 Å². The van der Waals surface area contributed by atoms with Crippen molar-refractivity contribution in [3.63, 3.8) is 0 Å².